The van der Waals surface area contributed by atoms with E-state index >= 15 is 0 Å². The first kappa shape index (κ1) is 17.0. The average Bonchev–Trinajstić information content (AvgIpc) is 2.90. The van der Waals surface area contributed by atoms with Gasteiger partial charge in [0.15, 0.2) is 0 Å². The number of hydrogen-bond donors (Lipinski definition) is 1. The molecule has 0 aromatic heterocycles. The Morgan fingerprint density at radius 1 is 1.00 bits per heavy atom. The van der Waals surface area contributed by atoms with Gasteiger partial charge in [-0.05, 0) is 56.4 Å². The molecule has 0 spiro atoms. The summed E-state index contributed by atoms with van der Waals surface area (Å²) in [7, 11) is 0. The first-order valence-electron chi connectivity index (χ1n) is 8.42. The number of nitrogens with zero attached hydrogens (tertiary/aromatic N) is 1. The summed E-state index contributed by atoms with van der Waals surface area (Å²) in [6, 6.07) is 6.49. The Morgan fingerprint density at radius 2 is 1.68 bits per heavy atom. The zero-order valence-electron chi connectivity index (χ0n) is 13.8. The van der Waals surface area contributed by atoms with Gasteiger partial charge in [-0.15, -0.1) is 0 Å². The highest BCUT2D eigenvalue weighted by Crippen LogP contribution is 2.22. The number of ether oxygens (including phenoxy) is 1. The van der Waals surface area contributed by atoms with Crippen LogP contribution in [0.4, 0.5) is 16.2 Å². The maximum absolute atomic E-state index is 12.0. The second kappa shape index (κ2) is 7.79. The minimum absolute atomic E-state index is 0.0739. The van der Waals surface area contributed by atoms with Crippen LogP contribution in [0.3, 0.4) is 0 Å². The molecule has 1 heterocycles. The molecule has 6 heteroatoms. The van der Waals surface area contributed by atoms with Crippen LogP contribution in [0.1, 0.15) is 32.1 Å². The molecule has 0 bridgehead atoms. The van der Waals surface area contributed by atoms with Crippen LogP contribution in [0.2, 0.25) is 0 Å². The molecule has 1 aromatic carbocycles. The van der Waals surface area contributed by atoms with Crippen molar-refractivity contribution >= 4 is 29.3 Å². The predicted molar refractivity (Wildman–Crippen MR) is 94.2 cm³/mol. The molecule has 0 saturated carbocycles. The number of carbonyl (C=O) groups excluding carboxylic acids is 3. The topological polar surface area (TPSA) is 75.7 Å². The van der Waals surface area contributed by atoms with Gasteiger partial charge in [-0.25, -0.2) is 9.69 Å². The third-order valence-corrected chi connectivity index (χ3v) is 4.17. The van der Waals surface area contributed by atoms with Gasteiger partial charge in [0.1, 0.15) is 6.10 Å². The minimum Gasteiger partial charge on any atom is -0.446 e. The Kier molecular flexibility index (Phi) is 5.28. The van der Waals surface area contributed by atoms with Gasteiger partial charge in [0.25, 0.3) is 11.8 Å². The lowest BCUT2D eigenvalue weighted by Gasteiger charge is -2.19. The number of hydrogen-bond acceptors (Lipinski definition) is 4. The number of rotatable bonds is 3. The molecule has 0 fully saturated rings. The van der Waals surface area contributed by atoms with Crippen molar-refractivity contribution in [1.29, 1.82) is 0 Å². The Bertz CT molecular complexity index is 703. The quantitative estimate of drug-likeness (QED) is 0.674. The van der Waals surface area contributed by atoms with Gasteiger partial charge >= 0.3 is 6.09 Å². The summed E-state index contributed by atoms with van der Waals surface area (Å²) in [5, 5.41) is 2.68. The zero-order valence-corrected chi connectivity index (χ0v) is 13.8. The van der Waals surface area contributed by atoms with Crippen molar-refractivity contribution in [2.24, 2.45) is 0 Å². The first-order chi connectivity index (χ1) is 12.1. The molecule has 3 rings (SSSR count). The molecule has 2 aliphatic rings. The normalized spacial score (nSPS) is 21.6. The van der Waals surface area contributed by atoms with Crippen molar-refractivity contribution in [3.05, 3.63) is 48.6 Å². The third kappa shape index (κ3) is 4.35. The van der Waals surface area contributed by atoms with Crippen molar-refractivity contribution in [2.45, 2.75) is 38.2 Å². The third-order valence-electron chi connectivity index (χ3n) is 4.17. The summed E-state index contributed by atoms with van der Waals surface area (Å²) < 4.78 is 5.48. The second-order valence-corrected chi connectivity index (χ2v) is 6.02. The minimum atomic E-state index is -0.489. The number of anilines is 2. The van der Waals surface area contributed by atoms with Gasteiger partial charge in [-0.3, -0.25) is 14.9 Å². The monoisotopic (exact) mass is 340 g/mol. The average molecular weight is 340 g/mol. The summed E-state index contributed by atoms with van der Waals surface area (Å²) in [4.78, 5) is 36.4. The van der Waals surface area contributed by atoms with Crippen molar-refractivity contribution in [3.8, 4) is 0 Å². The zero-order chi connectivity index (χ0) is 17.6. The lowest BCUT2D eigenvalue weighted by atomic mass is 10.0. The summed E-state index contributed by atoms with van der Waals surface area (Å²) in [6.07, 6.45) is 10.8. The SMILES string of the molecule is O=C(Nc1ccc(N2C(=O)C=CC2=O)cc1)OC1CC/C=C/CCC1. The largest absolute Gasteiger partial charge is 0.446 e. The van der Waals surface area contributed by atoms with E-state index in [1.54, 1.807) is 24.3 Å². The summed E-state index contributed by atoms with van der Waals surface area (Å²) in [5.41, 5.74) is 1.01. The fourth-order valence-corrected chi connectivity index (χ4v) is 2.89. The number of nitrogens with one attached hydrogen (secondary N) is 1. The number of carbonyl (C=O) groups is 3. The van der Waals surface area contributed by atoms with Gasteiger partial charge in [-0.1, -0.05) is 12.2 Å². The van der Waals surface area contributed by atoms with Gasteiger partial charge in [0.2, 0.25) is 0 Å². The standard InChI is InChI=1S/C19H20N2O4/c22-17-12-13-18(23)21(17)15-10-8-14(9-11-15)20-19(24)25-16-6-4-2-1-3-5-7-16/h1-2,8-13,16H,3-7H2,(H,20,24)/b2-1+. The van der Waals surface area contributed by atoms with Crippen molar-refractivity contribution < 1.29 is 19.1 Å². The van der Waals surface area contributed by atoms with Crippen molar-refractivity contribution in [2.75, 3.05) is 10.2 Å². The highest BCUT2D eigenvalue weighted by molar-refractivity contribution is 6.28. The number of imide groups is 1. The van der Waals surface area contributed by atoms with Gasteiger partial charge in [-0.2, -0.15) is 0 Å². The summed E-state index contributed by atoms with van der Waals surface area (Å²) in [5.74, 6) is -0.744. The predicted octanol–water partition coefficient (Wildman–Crippen LogP) is 3.55. The fourth-order valence-electron chi connectivity index (χ4n) is 2.89. The van der Waals surface area contributed by atoms with Crippen LogP contribution >= 0.6 is 0 Å². The molecule has 3 amide bonds. The highest BCUT2D eigenvalue weighted by atomic mass is 16.6. The second-order valence-electron chi connectivity index (χ2n) is 6.02. The highest BCUT2D eigenvalue weighted by Gasteiger charge is 2.25. The first-order valence-corrected chi connectivity index (χ1v) is 8.42. The molecule has 0 saturated heterocycles. The molecule has 130 valence electrons. The maximum atomic E-state index is 12.0. The van der Waals surface area contributed by atoms with Gasteiger partial charge in [0.05, 0.1) is 5.69 Å². The Balaban J connectivity index is 1.56. The molecule has 1 aromatic rings. The van der Waals surface area contributed by atoms with Crippen molar-refractivity contribution in [3.63, 3.8) is 0 Å². The smallest absolute Gasteiger partial charge is 0.411 e. The number of amides is 3. The van der Waals surface area contributed by atoms with E-state index in [-0.39, 0.29) is 17.9 Å². The van der Waals surface area contributed by atoms with Crippen LogP contribution in [0.5, 0.6) is 0 Å². The molecule has 1 unspecified atom stereocenters. The van der Waals surface area contributed by atoms with Crippen LogP contribution < -0.4 is 10.2 Å². The molecule has 1 atom stereocenters. The summed E-state index contributed by atoms with van der Waals surface area (Å²) in [6.45, 7) is 0. The molecule has 25 heavy (non-hydrogen) atoms. The van der Waals surface area contributed by atoms with E-state index < -0.39 is 6.09 Å². The Hall–Kier alpha value is -2.89. The van der Waals surface area contributed by atoms with Crippen LogP contribution in [-0.2, 0) is 14.3 Å². The lowest BCUT2D eigenvalue weighted by molar-refractivity contribution is -0.119. The Labute approximate surface area is 146 Å². The molecule has 1 aliphatic carbocycles. The van der Waals surface area contributed by atoms with Crippen LogP contribution in [0.25, 0.3) is 0 Å². The van der Waals surface area contributed by atoms with Crippen molar-refractivity contribution in [1.82, 2.24) is 0 Å². The Morgan fingerprint density at radius 3 is 2.40 bits per heavy atom. The van der Waals surface area contributed by atoms with E-state index in [4.69, 9.17) is 4.74 Å². The van der Waals surface area contributed by atoms with E-state index in [1.807, 2.05) is 0 Å². The maximum Gasteiger partial charge on any atom is 0.411 e. The molecule has 1 N–H and O–H groups in total. The van der Waals surface area contributed by atoms with E-state index in [9.17, 15) is 14.4 Å². The molecular weight excluding hydrogens is 320 g/mol. The van der Waals surface area contributed by atoms with Gasteiger partial charge in [0, 0.05) is 17.8 Å². The molecular formula is C19H20N2O4. The molecule has 1 aliphatic heterocycles. The molecule has 0 radical (unpaired) electrons. The van der Waals surface area contributed by atoms with Crippen LogP contribution in [0, 0.1) is 0 Å². The lowest BCUT2D eigenvalue weighted by Crippen LogP contribution is -2.29. The van der Waals surface area contributed by atoms with E-state index in [0.717, 1.165) is 37.0 Å². The molecule has 6 nitrogen and oxygen atoms in total. The van der Waals surface area contributed by atoms with E-state index in [2.05, 4.69) is 17.5 Å². The van der Waals surface area contributed by atoms with E-state index in [1.165, 1.54) is 12.2 Å². The van der Waals surface area contributed by atoms with Crippen LogP contribution in [0.15, 0.2) is 48.6 Å². The number of allylic oxidation sites excluding steroid dienone is 2. The number of benzene rings is 1. The van der Waals surface area contributed by atoms with E-state index in [0.29, 0.717) is 11.4 Å². The van der Waals surface area contributed by atoms with Crippen LogP contribution in [-0.4, -0.2) is 24.0 Å². The summed E-state index contributed by atoms with van der Waals surface area (Å²) >= 11 is 0. The van der Waals surface area contributed by atoms with Gasteiger partial charge < -0.3 is 4.74 Å². The fraction of sp³-hybridized carbons (Fsp3) is 0.316.